The Morgan fingerprint density at radius 2 is 1.66 bits per heavy atom. The van der Waals surface area contributed by atoms with Gasteiger partial charge >= 0.3 is 0 Å². The fraction of sp³-hybridized carbons (Fsp3) is 0.111. The minimum atomic E-state index is -1.15. The number of nitrogens with zero attached hydrogens (tertiary/aromatic N) is 2. The van der Waals surface area contributed by atoms with Crippen LogP contribution in [-0.4, -0.2) is 32.1 Å². The van der Waals surface area contributed by atoms with Crippen molar-refractivity contribution in [1.29, 1.82) is 0 Å². The highest BCUT2D eigenvalue weighted by molar-refractivity contribution is 7.09. The molecule has 4 rings (SSSR count). The first-order valence-corrected chi connectivity index (χ1v) is 12.6. The van der Waals surface area contributed by atoms with Crippen LogP contribution in [0.4, 0.5) is 5.69 Å². The highest BCUT2D eigenvalue weighted by Gasteiger charge is 2.35. The van der Waals surface area contributed by atoms with Gasteiger partial charge in [0.05, 0.1) is 5.69 Å². The Hall–Kier alpha value is -4.41. The monoisotopic (exact) mass is 549 g/mol. The van der Waals surface area contributed by atoms with E-state index in [2.05, 4.69) is 9.69 Å². The van der Waals surface area contributed by atoms with Crippen molar-refractivity contribution in [3.05, 3.63) is 111 Å². The molecule has 9 nitrogen and oxygen atoms in total. The Kier molecular flexibility index (Phi) is 8.25. The molecule has 3 aromatic carbocycles. The van der Waals surface area contributed by atoms with Crippen LogP contribution in [0.1, 0.15) is 42.9 Å². The van der Waals surface area contributed by atoms with Gasteiger partial charge in [0.1, 0.15) is 16.7 Å². The Morgan fingerprint density at radius 3 is 2.29 bits per heavy atom. The van der Waals surface area contributed by atoms with Gasteiger partial charge in [-0.3, -0.25) is 14.4 Å². The van der Waals surface area contributed by atoms with Crippen molar-refractivity contribution in [3.8, 4) is 5.75 Å². The SMILES string of the molecule is NC(=O)c1nsc(C(=O)N(Cc2ccccc2Cl)[C@@H](C(=O)NCc2ccccc2)c2ccc(O)cc2)c1N. The largest absolute Gasteiger partial charge is 0.508 e. The van der Waals surface area contributed by atoms with E-state index in [-0.39, 0.29) is 35.1 Å². The van der Waals surface area contributed by atoms with E-state index < -0.39 is 23.8 Å². The van der Waals surface area contributed by atoms with Crippen molar-refractivity contribution in [1.82, 2.24) is 14.6 Å². The molecular formula is C27H24ClN5O4S. The lowest BCUT2D eigenvalue weighted by atomic mass is 10.0. The molecule has 0 aliphatic heterocycles. The van der Waals surface area contributed by atoms with Crippen LogP contribution < -0.4 is 16.8 Å². The zero-order valence-corrected chi connectivity index (χ0v) is 21.6. The Morgan fingerprint density at radius 1 is 1.00 bits per heavy atom. The summed E-state index contributed by atoms with van der Waals surface area (Å²) in [6.07, 6.45) is 0. The maximum absolute atomic E-state index is 14.0. The highest BCUT2D eigenvalue weighted by Crippen LogP contribution is 2.32. The number of anilines is 1. The molecule has 3 amide bonds. The van der Waals surface area contributed by atoms with Crippen LogP contribution in [0.3, 0.4) is 0 Å². The van der Waals surface area contributed by atoms with Gasteiger partial charge in [-0.15, -0.1) is 0 Å². The van der Waals surface area contributed by atoms with E-state index in [1.165, 1.54) is 17.0 Å². The number of carbonyl (C=O) groups is 3. The third kappa shape index (κ3) is 5.93. The molecule has 0 saturated carbocycles. The average molecular weight is 550 g/mol. The predicted octanol–water partition coefficient (Wildman–Crippen LogP) is 3.88. The van der Waals surface area contributed by atoms with Crippen molar-refractivity contribution in [2.45, 2.75) is 19.1 Å². The van der Waals surface area contributed by atoms with E-state index >= 15 is 0 Å². The smallest absolute Gasteiger partial charge is 0.270 e. The molecule has 11 heteroatoms. The number of hydrogen-bond acceptors (Lipinski definition) is 7. The van der Waals surface area contributed by atoms with E-state index in [1.807, 2.05) is 30.3 Å². The summed E-state index contributed by atoms with van der Waals surface area (Å²) < 4.78 is 3.94. The van der Waals surface area contributed by atoms with Crippen molar-refractivity contribution >= 4 is 46.5 Å². The van der Waals surface area contributed by atoms with Crippen LogP contribution in [0, 0.1) is 0 Å². The molecule has 4 aromatic rings. The van der Waals surface area contributed by atoms with Crippen molar-refractivity contribution in [2.24, 2.45) is 5.73 Å². The number of nitrogens with two attached hydrogens (primary N) is 2. The van der Waals surface area contributed by atoms with E-state index in [1.54, 1.807) is 36.4 Å². The molecule has 0 saturated heterocycles. The molecule has 0 radical (unpaired) electrons. The number of primary amides is 1. The molecule has 0 aliphatic carbocycles. The quantitative estimate of drug-likeness (QED) is 0.248. The second-order valence-corrected chi connectivity index (χ2v) is 9.54. The number of amides is 3. The number of rotatable bonds is 9. The predicted molar refractivity (Wildman–Crippen MR) is 146 cm³/mol. The first kappa shape index (κ1) is 26.6. The minimum absolute atomic E-state index is 0.000949. The minimum Gasteiger partial charge on any atom is -0.508 e. The molecular weight excluding hydrogens is 526 g/mol. The number of benzene rings is 3. The van der Waals surface area contributed by atoms with Crippen LogP contribution in [-0.2, 0) is 17.9 Å². The number of phenolic OH excluding ortho intramolecular Hbond substituents is 1. The molecule has 38 heavy (non-hydrogen) atoms. The summed E-state index contributed by atoms with van der Waals surface area (Å²) in [5.74, 6) is -1.98. The van der Waals surface area contributed by atoms with E-state index in [9.17, 15) is 19.5 Å². The fourth-order valence-corrected chi connectivity index (χ4v) is 4.82. The van der Waals surface area contributed by atoms with Gasteiger partial charge in [-0.2, -0.15) is 4.37 Å². The topological polar surface area (TPSA) is 152 Å². The van der Waals surface area contributed by atoms with Gasteiger partial charge in [0, 0.05) is 18.1 Å². The zero-order valence-electron chi connectivity index (χ0n) is 20.0. The summed E-state index contributed by atoms with van der Waals surface area (Å²) in [6.45, 7) is 0.156. The number of nitrogen functional groups attached to an aromatic ring is 1. The molecule has 194 valence electrons. The van der Waals surface area contributed by atoms with Gasteiger partial charge < -0.3 is 26.8 Å². The lowest BCUT2D eigenvalue weighted by molar-refractivity contribution is -0.126. The number of aromatic nitrogens is 1. The Bertz CT molecular complexity index is 1460. The molecule has 1 aromatic heterocycles. The number of phenols is 1. The van der Waals surface area contributed by atoms with Gasteiger partial charge in [0.2, 0.25) is 5.91 Å². The summed E-state index contributed by atoms with van der Waals surface area (Å²) in [4.78, 5) is 40.7. The molecule has 0 bridgehead atoms. The molecule has 1 heterocycles. The second kappa shape index (κ2) is 11.8. The lowest BCUT2D eigenvalue weighted by Gasteiger charge is -2.31. The third-order valence-corrected chi connectivity index (χ3v) is 7.01. The van der Waals surface area contributed by atoms with Crippen LogP contribution in [0.2, 0.25) is 5.02 Å². The Balaban J connectivity index is 1.79. The Labute approximate surface area is 227 Å². The number of hydrogen-bond donors (Lipinski definition) is 4. The maximum Gasteiger partial charge on any atom is 0.270 e. The van der Waals surface area contributed by atoms with Gasteiger partial charge in [-0.05, 0) is 46.4 Å². The highest BCUT2D eigenvalue weighted by atomic mass is 35.5. The van der Waals surface area contributed by atoms with Crippen LogP contribution in [0.25, 0.3) is 0 Å². The summed E-state index contributed by atoms with van der Waals surface area (Å²) in [7, 11) is 0. The average Bonchev–Trinajstić information content (AvgIpc) is 3.31. The zero-order chi connectivity index (χ0) is 27.2. The maximum atomic E-state index is 14.0. The number of carbonyl (C=O) groups excluding carboxylic acids is 3. The third-order valence-electron chi connectivity index (χ3n) is 5.79. The summed E-state index contributed by atoms with van der Waals surface area (Å²) in [5.41, 5.74) is 12.9. The van der Waals surface area contributed by atoms with Gasteiger partial charge in [0.15, 0.2) is 5.69 Å². The summed E-state index contributed by atoms with van der Waals surface area (Å²) >= 11 is 7.14. The number of aromatic hydroxyl groups is 1. The van der Waals surface area contributed by atoms with Gasteiger partial charge in [0.25, 0.3) is 11.8 Å². The molecule has 0 fully saturated rings. The normalized spacial score (nSPS) is 11.5. The van der Waals surface area contributed by atoms with Crippen molar-refractivity contribution in [3.63, 3.8) is 0 Å². The number of nitrogens with one attached hydrogen (secondary N) is 1. The lowest BCUT2D eigenvalue weighted by Crippen LogP contribution is -2.43. The van der Waals surface area contributed by atoms with Crippen LogP contribution in [0.15, 0.2) is 78.9 Å². The van der Waals surface area contributed by atoms with Gasteiger partial charge in [-0.1, -0.05) is 72.3 Å². The molecule has 0 aliphatic rings. The fourth-order valence-electron chi connectivity index (χ4n) is 3.86. The summed E-state index contributed by atoms with van der Waals surface area (Å²) in [5, 5.41) is 13.1. The van der Waals surface area contributed by atoms with E-state index in [0.29, 0.717) is 16.1 Å². The molecule has 6 N–H and O–H groups in total. The first-order chi connectivity index (χ1) is 18.3. The van der Waals surface area contributed by atoms with Crippen LogP contribution in [0.5, 0.6) is 5.75 Å². The first-order valence-electron chi connectivity index (χ1n) is 11.5. The molecule has 0 unspecified atom stereocenters. The van der Waals surface area contributed by atoms with Crippen LogP contribution >= 0.6 is 23.1 Å². The van der Waals surface area contributed by atoms with E-state index in [0.717, 1.165) is 17.1 Å². The second-order valence-electron chi connectivity index (χ2n) is 8.36. The standard InChI is InChI=1S/C27H24ClN5O4S/c28-20-9-5-4-8-18(20)15-33(27(37)24-21(29)22(25(30)35)32-38-24)23(17-10-12-19(34)13-11-17)26(36)31-14-16-6-2-1-3-7-16/h1-13,23,34H,14-15,29H2,(H2,30,35)(H,31,36)/t23-/m1/s1. The molecule has 1 atom stereocenters. The van der Waals surface area contributed by atoms with Crippen molar-refractivity contribution in [2.75, 3.05) is 5.73 Å². The molecule has 0 spiro atoms. The van der Waals surface area contributed by atoms with E-state index in [4.69, 9.17) is 23.1 Å². The van der Waals surface area contributed by atoms with Gasteiger partial charge in [-0.25, -0.2) is 0 Å². The van der Waals surface area contributed by atoms with Crippen molar-refractivity contribution < 1.29 is 19.5 Å². The number of halogens is 1. The summed E-state index contributed by atoms with van der Waals surface area (Å²) in [6, 6.07) is 21.1.